The fourth-order valence-electron chi connectivity index (χ4n) is 3.21. The van der Waals surface area contributed by atoms with E-state index in [1.165, 1.54) is 39.0 Å². The number of nitrogens with zero attached hydrogens (tertiary/aromatic N) is 1. The number of nitrogens with one attached hydrogen (secondary N) is 1. The van der Waals surface area contributed by atoms with Crippen LogP contribution in [0.5, 0.6) is 0 Å². The molecule has 1 spiro atoms. The molecule has 2 aliphatic rings. The summed E-state index contributed by atoms with van der Waals surface area (Å²) in [7, 11) is 0. The lowest BCUT2D eigenvalue weighted by Gasteiger charge is -2.23. The molecule has 2 saturated heterocycles. The molecule has 3 rings (SSSR count). The summed E-state index contributed by atoms with van der Waals surface area (Å²) in [5.41, 5.74) is 1.66. The standard InChI is InChI=1S/C14H18Cl2N2/c15-12-1-2-13(16)11(7-12)8-18-6-4-14(10-18)3-5-17-9-14/h1-2,7,17H,3-6,8-10H2. The van der Waals surface area contributed by atoms with Gasteiger partial charge in [-0.1, -0.05) is 23.2 Å². The van der Waals surface area contributed by atoms with Crippen molar-refractivity contribution in [2.24, 2.45) is 5.41 Å². The molecule has 0 saturated carbocycles. The van der Waals surface area contributed by atoms with Crippen molar-refractivity contribution in [3.05, 3.63) is 33.8 Å². The minimum Gasteiger partial charge on any atom is -0.316 e. The van der Waals surface area contributed by atoms with Gasteiger partial charge in [0.15, 0.2) is 0 Å². The fourth-order valence-corrected chi connectivity index (χ4v) is 3.58. The van der Waals surface area contributed by atoms with E-state index in [1.807, 2.05) is 18.2 Å². The van der Waals surface area contributed by atoms with Gasteiger partial charge < -0.3 is 5.32 Å². The Balaban J connectivity index is 1.69. The zero-order valence-electron chi connectivity index (χ0n) is 10.4. The Morgan fingerprint density at radius 3 is 2.94 bits per heavy atom. The van der Waals surface area contributed by atoms with E-state index in [4.69, 9.17) is 23.2 Å². The van der Waals surface area contributed by atoms with Crippen LogP contribution in [0.4, 0.5) is 0 Å². The summed E-state index contributed by atoms with van der Waals surface area (Å²) < 4.78 is 0. The number of benzene rings is 1. The minimum absolute atomic E-state index is 0.519. The molecule has 1 unspecified atom stereocenters. The van der Waals surface area contributed by atoms with Crippen LogP contribution in [-0.4, -0.2) is 31.1 Å². The van der Waals surface area contributed by atoms with Crippen LogP contribution in [0.3, 0.4) is 0 Å². The van der Waals surface area contributed by atoms with Gasteiger partial charge in [0.25, 0.3) is 0 Å². The monoisotopic (exact) mass is 284 g/mol. The van der Waals surface area contributed by atoms with Crippen molar-refractivity contribution in [1.82, 2.24) is 10.2 Å². The molecule has 1 aromatic carbocycles. The van der Waals surface area contributed by atoms with E-state index in [2.05, 4.69) is 10.2 Å². The highest BCUT2D eigenvalue weighted by atomic mass is 35.5. The van der Waals surface area contributed by atoms with Crippen LogP contribution in [0.15, 0.2) is 18.2 Å². The lowest BCUT2D eigenvalue weighted by molar-refractivity contribution is 0.269. The largest absolute Gasteiger partial charge is 0.316 e. The van der Waals surface area contributed by atoms with Crippen LogP contribution in [-0.2, 0) is 6.54 Å². The van der Waals surface area contributed by atoms with E-state index in [1.54, 1.807) is 0 Å². The molecule has 1 aromatic rings. The van der Waals surface area contributed by atoms with Crippen LogP contribution < -0.4 is 5.32 Å². The van der Waals surface area contributed by atoms with Gasteiger partial charge in [0.2, 0.25) is 0 Å². The SMILES string of the molecule is Clc1ccc(Cl)c(CN2CCC3(CCNC3)C2)c1. The highest BCUT2D eigenvalue weighted by Crippen LogP contribution is 2.37. The topological polar surface area (TPSA) is 15.3 Å². The average molecular weight is 285 g/mol. The summed E-state index contributed by atoms with van der Waals surface area (Å²) in [6, 6.07) is 5.73. The van der Waals surface area contributed by atoms with Gasteiger partial charge in [0, 0.05) is 29.7 Å². The van der Waals surface area contributed by atoms with E-state index in [0.29, 0.717) is 5.41 Å². The Kier molecular flexibility index (Phi) is 3.55. The lowest BCUT2D eigenvalue weighted by atomic mass is 9.86. The van der Waals surface area contributed by atoms with Crippen LogP contribution in [0.25, 0.3) is 0 Å². The normalized spacial score (nSPS) is 28.3. The number of hydrogen-bond acceptors (Lipinski definition) is 2. The van der Waals surface area contributed by atoms with Crippen molar-refractivity contribution in [3.8, 4) is 0 Å². The van der Waals surface area contributed by atoms with Crippen LogP contribution in [0.2, 0.25) is 10.0 Å². The van der Waals surface area contributed by atoms with E-state index >= 15 is 0 Å². The molecule has 18 heavy (non-hydrogen) atoms. The second-order valence-corrected chi connectivity index (χ2v) is 6.47. The lowest BCUT2D eigenvalue weighted by Crippen LogP contribution is -2.29. The van der Waals surface area contributed by atoms with Crippen LogP contribution in [0, 0.1) is 5.41 Å². The Morgan fingerprint density at radius 2 is 2.17 bits per heavy atom. The molecule has 0 aromatic heterocycles. The zero-order chi connectivity index (χ0) is 12.6. The first-order chi connectivity index (χ1) is 8.67. The number of halogens is 2. The van der Waals surface area contributed by atoms with Crippen molar-refractivity contribution in [2.45, 2.75) is 19.4 Å². The maximum atomic E-state index is 6.23. The molecule has 4 heteroatoms. The van der Waals surface area contributed by atoms with Gasteiger partial charge in [-0.3, -0.25) is 4.90 Å². The number of rotatable bonds is 2. The van der Waals surface area contributed by atoms with Crippen LogP contribution in [0.1, 0.15) is 18.4 Å². The molecule has 2 aliphatic heterocycles. The first kappa shape index (κ1) is 12.7. The van der Waals surface area contributed by atoms with Crippen molar-refractivity contribution in [3.63, 3.8) is 0 Å². The predicted molar refractivity (Wildman–Crippen MR) is 76.3 cm³/mol. The molecule has 2 fully saturated rings. The third-order valence-corrected chi connectivity index (χ3v) is 4.86. The maximum absolute atomic E-state index is 6.23. The van der Waals surface area contributed by atoms with Crippen LogP contribution >= 0.6 is 23.2 Å². The minimum atomic E-state index is 0.519. The fraction of sp³-hybridized carbons (Fsp3) is 0.571. The molecule has 2 nitrogen and oxygen atoms in total. The second-order valence-electron chi connectivity index (χ2n) is 5.62. The molecule has 1 N–H and O–H groups in total. The Labute approximate surface area is 118 Å². The number of likely N-dealkylation sites (tertiary alicyclic amines) is 1. The third kappa shape index (κ3) is 2.53. The number of hydrogen-bond donors (Lipinski definition) is 1. The molecule has 0 radical (unpaired) electrons. The summed E-state index contributed by atoms with van der Waals surface area (Å²) in [4.78, 5) is 2.50. The van der Waals surface area contributed by atoms with Gasteiger partial charge in [-0.2, -0.15) is 0 Å². The average Bonchev–Trinajstić information content (AvgIpc) is 2.95. The van der Waals surface area contributed by atoms with Gasteiger partial charge in [0.05, 0.1) is 0 Å². The molecular weight excluding hydrogens is 267 g/mol. The zero-order valence-corrected chi connectivity index (χ0v) is 11.9. The molecule has 1 atom stereocenters. The summed E-state index contributed by atoms with van der Waals surface area (Å²) in [5.74, 6) is 0. The smallest absolute Gasteiger partial charge is 0.0452 e. The second kappa shape index (κ2) is 5.01. The summed E-state index contributed by atoms with van der Waals surface area (Å²) >= 11 is 12.3. The molecule has 0 aliphatic carbocycles. The van der Waals surface area contributed by atoms with E-state index in [-0.39, 0.29) is 0 Å². The summed E-state index contributed by atoms with van der Waals surface area (Å²) in [5, 5.41) is 5.08. The van der Waals surface area contributed by atoms with Crippen molar-refractivity contribution in [1.29, 1.82) is 0 Å². The first-order valence-electron chi connectivity index (χ1n) is 6.54. The maximum Gasteiger partial charge on any atom is 0.0452 e. The van der Waals surface area contributed by atoms with Crippen molar-refractivity contribution in [2.75, 3.05) is 26.2 Å². The van der Waals surface area contributed by atoms with E-state index in [0.717, 1.165) is 22.2 Å². The molecule has 0 bridgehead atoms. The van der Waals surface area contributed by atoms with E-state index < -0.39 is 0 Å². The quantitative estimate of drug-likeness (QED) is 0.897. The summed E-state index contributed by atoms with van der Waals surface area (Å²) in [6.45, 7) is 5.62. The van der Waals surface area contributed by atoms with Gasteiger partial charge in [-0.15, -0.1) is 0 Å². The third-order valence-electron chi connectivity index (χ3n) is 4.25. The van der Waals surface area contributed by atoms with Gasteiger partial charge in [-0.05, 0) is 55.1 Å². The van der Waals surface area contributed by atoms with Gasteiger partial charge >= 0.3 is 0 Å². The van der Waals surface area contributed by atoms with Crippen molar-refractivity contribution < 1.29 is 0 Å². The highest BCUT2D eigenvalue weighted by Gasteiger charge is 2.40. The Hall–Kier alpha value is -0.280. The van der Waals surface area contributed by atoms with Crippen molar-refractivity contribution >= 4 is 23.2 Å². The molecule has 98 valence electrons. The Bertz CT molecular complexity index is 441. The first-order valence-corrected chi connectivity index (χ1v) is 7.30. The van der Waals surface area contributed by atoms with Gasteiger partial charge in [-0.25, -0.2) is 0 Å². The Morgan fingerprint density at radius 1 is 1.28 bits per heavy atom. The highest BCUT2D eigenvalue weighted by molar-refractivity contribution is 6.33. The summed E-state index contributed by atoms with van der Waals surface area (Å²) in [6.07, 6.45) is 2.62. The molecule has 0 amide bonds. The predicted octanol–water partition coefficient (Wildman–Crippen LogP) is 3.18. The van der Waals surface area contributed by atoms with Gasteiger partial charge in [0.1, 0.15) is 0 Å². The molecule has 2 heterocycles. The molecular formula is C14H18Cl2N2. The van der Waals surface area contributed by atoms with E-state index in [9.17, 15) is 0 Å².